The molecule has 2 aliphatic rings. The largest absolute Gasteiger partial charge is 0.497 e. The van der Waals surface area contributed by atoms with Crippen LogP contribution in [0.3, 0.4) is 0 Å². The second kappa shape index (κ2) is 11.1. The van der Waals surface area contributed by atoms with E-state index in [2.05, 4.69) is 5.32 Å². The van der Waals surface area contributed by atoms with Crippen molar-refractivity contribution in [3.05, 3.63) is 124 Å². The van der Waals surface area contributed by atoms with E-state index in [-0.39, 0.29) is 18.3 Å². The Morgan fingerprint density at radius 2 is 1.74 bits per heavy atom. The third kappa shape index (κ3) is 5.25. The monoisotopic (exact) mass is 511 g/mol. The highest BCUT2D eigenvalue weighted by Crippen LogP contribution is 2.46. The molecule has 194 valence electrons. The van der Waals surface area contributed by atoms with E-state index in [1.165, 1.54) is 12.1 Å². The minimum Gasteiger partial charge on any atom is -0.497 e. The summed E-state index contributed by atoms with van der Waals surface area (Å²) in [7, 11) is 1.62. The van der Waals surface area contributed by atoms with Gasteiger partial charge in [0.2, 0.25) is 0 Å². The van der Waals surface area contributed by atoms with E-state index in [0.29, 0.717) is 41.7 Å². The van der Waals surface area contributed by atoms with Crippen molar-refractivity contribution >= 4 is 11.8 Å². The molecule has 0 unspecified atom stereocenters. The van der Waals surface area contributed by atoms with Gasteiger partial charge in [0.1, 0.15) is 11.6 Å². The SMILES string of the molecule is COc1ccc([C@H]2CC(=O)C3=C(C2)NC(C)=C(C(=O)OCCc2ccccc2)[C@H]3c2cccc(F)c2)cc1. The van der Waals surface area contributed by atoms with Gasteiger partial charge < -0.3 is 14.8 Å². The lowest BCUT2D eigenvalue weighted by Gasteiger charge is -2.36. The number of Topliss-reactive ketones (excluding diaryl/α,β-unsaturated/α-hetero) is 1. The number of benzene rings is 3. The molecule has 0 fully saturated rings. The number of dihydropyridines is 1. The van der Waals surface area contributed by atoms with Crippen molar-refractivity contribution in [3.63, 3.8) is 0 Å². The molecule has 0 bridgehead atoms. The summed E-state index contributed by atoms with van der Waals surface area (Å²) in [6.07, 6.45) is 1.48. The number of hydrogen-bond donors (Lipinski definition) is 1. The standard InChI is InChI=1S/C32H30FNO4/c1-20-29(32(36)38-16-15-21-7-4-3-5-8-21)30(23-9-6-10-25(33)17-23)31-27(34-20)18-24(19-28(31)35)22-11-13-26(37-2)14-12-22/h3-14,17,24,30,34H,15-16,18-19H2,1-2H3/t24-,30-/m1/s1. The van der Waals surface area contributed by atoms with Gasteiger partial charge in [-0.3, -0.25) is 4.79 Å². The van der Waals surface area contributed by atoms with Gasteiger partial charge >= 0.3 is 5.97 Å². The third-order valence-electron chi connectivity index (χ3n) is 7.28. The van der Waals surface area contributed by atoms with E-state index in [9.17, 15) is 14.0 Å². The molecule has 6 heteroatoms. The molecule has 0 saturated carbocycles. The Labute approximate surface area is 222 Å². The van der Waals surface area contributed by atoms with Gasteiger partial charge in [-0.1, -0.05) is 54.6 Å². The molecule has 3 aromatic rings. The summed E-state index contributed by atoms with van der Waals surface area (Å²) in [5.41, 5.74) is 4.92. The van der Waals surface area contributed by atoms with Gasteiger partial charge in [0.25, 0.3) is 0 Å². The van der Waals surface area contributed by atoms with Gasteiger partial charge in [0.15, 0.2) is 5.78 Å². The first-order valence-corrected chi connectivity index (χ1v) is 12.8. The minimum atomic E-state index is -0.699. The van der Waals surface area contributed by atoms with Crippen LogP contribution in [0.5, 0.6) is 5.75 Å². The molecule has 0 aromatic heterocycles. The fourth-order valence-corrected chi connectivity index (χ4v) is 5.42. The Balaban J connectivity index is 1.45. The molecule has 0 amide bonds. The van der Waals surface area contributed by atoms with Gasteiger partial charge in [-0.15, -0.1) is 0 Å². The summed E-state index contributed by atoms with van der Waals surface area (Å²) in [5.74, 6) is -0.938. The quantitative estimate of drug-likeness (QED) is 0.395. The number of esters is 1. The number of ether oxygens (including phenoxy) is 2. The van der Waals surface area contributed by atoms with Gasteiger partial charge in [-0.05, 0) is 60.2 Å². The highest BCUT2D eigenvalue weighted by atomic mass is 19.1. The van der Waals surface area contributed by atoms with Crippen LogP contribution in [0.2, 0.25) is 0 Å². The van der Waals surface area contributed by atoms with E-state index >= 15 is 0 Å². The first-order chi connectivity index (χ1) is 18.4. The maximum Gasteiger partial charge on any atom is 0.336 e. The Bertz CT molecular complexity index is 1410. The highest BCUT2D eigenvalue weighted by Gasteiger charge is 2.41. The number of hydrogen-bond acceptors (Lipinski definition) is 5. The maximum atomic E-state index is 14.3. The molecule has 0 saturated heterocycles. The zero-order valence-corrected chi connectivity index (χ0v) is 21.5. The maximum absolute atomic E-state index is 14.3. The predicted molar refractivity (Wildman–Crippen MR) is 143 cm³/mol. The normalized spacial score (nSPS) is 19.1. The number of carbonyl (C=O) groups excluding carboxylic acids is 2. The minimum absolute atomic E-state index is 0.0139. The van der Waals surface area contributed by atoms with Gasteiger partial charge in [-0.25, -0.2) is 9.18 Å². The molecule has 5 nitrogen and oxygen atoms in total. The van der Waals surface area contributed by atoms with E-state index in [0.717, 1.165) is 22.6 Å². The summed E-state index contributed by atoms with van der Waals surface area (Å²) in [4.78, 5) is 27.1. The Morgan fingerprint density at radius 3 is 2.45 bits per heavy atom. The molecule has 0 radical (unpaired) electrons. The lowest BCUT2D eigenvalue weighted by Crippen LogP contribution is -2.36. The molecule has 38 heavy (non-hydrogen) atoms. The average molecular weight is 512 g/mol. The Morgan fingerprint density at radius 1 is 0.974 bits per heavy atom. The number of nitrogens with one attached hydrogen (secondary N) is 1. The van der Waals surface area contributed by atoms with Crippen LogP contribution in [-0.4, -0.2) is 25.5 Å². The first-order valence-electron chi connectivity index (χ1n) is 12.8. The first kappa shape index (κ1) is 25.5. The van der Waals surface area contributed by atoms with Crippen LogP contribution in [0.25, 0.3) is 0 Å². The molecule has 5 rings (SSSR count). The van der Waals surface area contributed by atoms with Crippen molar-refractivity contribution in [2.24, 2.45) is 0 Å². The zero-order chi connectivity index (χ0) is 26.6. The van der Waals surface area contributed by atoms with Gasteiger partial charge in [0.05, 0.1) is 19.3 Å². The molecule has 0 spiro atoms. The Hall–Kier alpha value is -4.19. The highest BCUT2D eigenvalue weighted by molar-refractivity contribution is 6.04. The Kier molecular flexibility index (Phi) is 7.40. The van der Waals surface area contributed by atoms with Crippen molar-refractivity contribution in [2.45, 2.75) is 38.0 Å². The van der Waals surface area contributed by atoms with E-state index < -0.39 is 17.7 Å². The molecule has 2 atom stereocenters. The summed E-state index contributed by atoms with van der Waals surface area (Å²) >= 11 is 0. The fraction of sp³-hybridized carbons (Fsp3) is 0.250. The van der Waals surface area contributed by atoms with Crippen LogP contribution in [0, 0.1) is 5.82 Å². The second-order valence-corrected chi connectivity index (χ2v) is 9.72. The molecule has 1 heterocycles. The number of halogens is 1. The fourth-order valence-electron chi connectivity index (χ4n) is 5.42. The number of allylic oxidation sites excluding steroid dienone is 3. The molecule has 3 aromatic carbocycles. The zero-order valence-electron chi connectivity index (χ0n) is 21.5. The number of methoxy groups -OCH3 is 1. The molecule has 1 N–H and O–H groups in total. The van der Waals surface area contributed by atoms with E-state index in [1.54, 1.807) is 19.2 Å². The van der Waals surface area contributed by atoms with E-state index in [1.807, 2.05) is 61.5 Å². The van der Waals surface area contributed by atoms with Crippen LogP contribution in [-0.2, 0) is 20.7 Å². The summed E-state index contributed by atoms with van der Waals surface area (Å²) in [6, 6.07) is 23.6. The molecule has 1 aliphatic heterocycles. The second-order valence-electron chi connectivity index (χ2n) is 9.72. The van der Waals surface area contributed by atoms with Gasteiger partial charge in [0, 0.05) is 35.7 Å². The summed E-state index contributed by atoms with van der Waals surface area (Å²) in [6.45, 7) is 2.01. The summed E-state index contributed by atoms with van der Waals surface area (Å²) in [5, 5.41) is 3.34. The van der Waals surface area contributed by atoms with Crippen LogP contribution < -0.4 is 10.1 Å². The van der Waals surface area contributed by atoms with Crippen molar-refractivity contribution in [1.82, 2.24) is 5.32 Å². The third-order valence-corrected chi connectivity index (χ3v) is 7.28. The average Bonchev–Trinajstić information content (AvgIpc) is 2.92. The number of carbonyl (C=O) groups is 2. The van der Waals surface area contributed by atoms with Gasteiger partial charge in [-0.2, -0.15) is 0 Å². The molecular formula is C32H30FNO4. The van der Waals surface area contributed by atoms with Crippen molar-refractivity contribution in [2.75, 3.05) is 13.7 Å². The van der Waals surface area contributed by atoms with Crippen LogP contribution >= 0.6 is 0 Å². The van der Waals surface area contributed by atoms with Crippen LogP contribution in [0.15, 0.2) is 101 Å². The molecule has 1 aliphatic carbocycles. The lowest BCUT2D eigenvalue weighted by molar-refractivity contribution is -0.139. The van der Waals surface area contributed by atoms with Crippen LogP contribution in [0.1, 0.15) is 48.3 Å². The number of ketones is 1. The van der Waals surface area contributed by atoms with Crippen molar-refractivity contribution in [1.29, 1.82) is 0 Å². The predicted octanol–water partition coefficient (Wildman–Crippen LogP) is 5.98. The summed E-state index contributed by atoms with van der Waals surface area (Å²) < 4.78 is 25.3. The molecular weight excluding hydrogens is 481 g/mol. The number of rotatable bonds is 7. The van der Waals surface area contributed by atoms with Crippen molar-refractivity contribution < 1.29 is 23.5 Å². The lowest BCUT2D eigenvalue weighted by atomic mass is 9.71. The van der Waals surface area contributed by atoms with Crippen LogP contribution in [0.4, 0.5) is 4.39 Å². The van der Waals surface area contributed by atoms with E-state index in [4.69, 9.17) is 9.47 Å². The topological polar surface area (TPSA) is 64.6 Å². The smallest absolute Gasteiger partial charge is 0.336 e. The van der Waals surface area contributed by atoms with Crippen molar-refractivity contribution in [3.8, 4) is 5.75 Å².